The number of nitrogens with zero attached hydrogens (tertiary/aromatic N) is 1. The van der Waals surface area contributed by atoms with Crippen molar-refractivity contribution in [2.24, 2.45) is 7.05 Å². The Morgan fingerprint density at radius 3 is 2.80 bits per heavy atom. The number of aromatic nitrogens is 1. The Bertz CT molecular complexity index is 590. The monoisotopic (exact) mass is 213 g/mol. The smallest absolute Gasteiger partial charge is 0.0565 e. The van der Waals surface area contributed by atoms with Gasteiger partial charge in [0.25, 0.3) is 0 Å². The van der Waals surface area contributed by atoms with Gasteiger partial charge in [0.2, 0.25) is 0 Å². The molecular formula is C13H11NS. The molecule has 0 saturated heterocycles. The molecule has 0 atom stereocenters. The first kappa shape index (κ1) is 8.74. The predicted molar refractivity (Wildman–Crippen MR) is 66.2 cm³/mol. The van der Waals surface area contributed by atoms with Gasteiger partial charge in [-0.15, -0.1) is 11.3 Å². The molecule has 2 heterocycles. The first-order chi connectivity index (χ1) is 7.36. The fourth-order valence-electron chi connectivity index (χ4n) is 1.99. The van der Waals surface area contributed by atoms with Gasteiger partial charge < -0.3 is 4.57 Å². The van der Waals surface area contributed by atoms with E-state index in [1.807, 2.05) is 0 Å². The summed E-state index contributed by atoms with van der Waals surface area (Å²) in [6.07, 6.45) is 2.11. The van der Waals surface area contributed by atoms with Crippen LogP contribution in [0.4, 0.5) is 0 Å². The average Bonchev–Trinajstić information content (AvgIpc) is 2.88. The van der Waals surface area contributed by atoms with Gasteiger partial charge in [0.05, 0.1) is 5.52 Å². The summed E-state index contributed by atoms with van der Waals surface area (Å²) < 4.78 is 2.18. The second-order valence-corrected chi connectivity index (χ2v) is 4.60. The Morgan fingerprint density at radius 1 is 1.07 bits per heavy atom. The predicted octanol–water partition coefficient (Wildman–Crippen LogP) is 3.91. The summed E-state index contributed by atoms with van der Waals surface area (Å²) in [4.78, 5) is 1.34. The number of aryl methyl sites for hydroxylation is 1. The molecule has 0 aliphatic heterocycles. The van der Waals surface area contributed by atoms with Gasteiger partial charge in [0.15, 0.2) is 0 Å². The molecule has 0 saturated carbocycles. The molecule has 3 aromatic rings. The maximum Gasteiger partial charge on any atom is 0.0565 e. The van der Waals surface area contributed by atoms with Crippen molar-refractivity contribution in [1.29, 1.82) is 0 Å². The highest BCUT2D eigenvalue weighted by Gasteiger charge is 2.06. The Kier molecular flexibility index (Phi) is 1.89. The summed E-state index contributed by atoms with van der Waals surface area (Å²) in [5.74, 6) is 0. The summed E-state index contributed by atoms with van der Waals surface area (Å²) in [6.45, 7) is 0. The van der Waals surface area contributed by atoms with Crippen LogP contribution >= 0.6 is 11.3 Å². The molecule has 0 aliphatic carbocycles. The van der Waals surface area contributed by atoms with Crippen LogP contribution < -0.4 is 0 Å². The Labute approximate surface area is 92.6 Å². The fraction of sp³-hybridized carbons (Fsp3) is 0.0769. The van der Waals surface area contributed by atoms with E-state index in [-0.39, 0.29) is 0 Å². The normalized spacial score (nSPS) is 11.0. The third-order valence-electron chi connectivity index (χ3n) is 2.68. The van der Waals surface area contributed by atoms with E-state index in [0.717, 1.165) is 0 Å². The van der Waals surface area contributed by atoms with Gasteiger partial charge in [-0.1, -0.05) is 24.3 Å². The highest BCUT2D eigenvalue weighted by Crippen LogP contribution is 2.31. The second-order valence-electron chi connectivity index (χ2n) is 3.65. The minimum atomic E-state index is 1.31. The minimum absolute atomic E-state index is 1.31. The van der Waals surface area contributed by atoms with E-state index in [1.54, 1.807) is 11.3 Å². The van der Waals surface area contributed by atoms with Crippen LogP contribution in [0.25, 0.3) is 21.3 Å². The minimum Gasteiger partial charge on any atom is -0.350 e. The molecule has 0 fully saturated rings. The molecule has 3 rings (SSSR count). The Balaban J connectivity index is 2.39. The largest absolute Gasteiger partial charge is 0.350 e. The molecular weight excluding hydrogens is 202 g/mol. The lowest BCUT2D eigenvalue weighted by Gasteiger charge is -2.03. The lowest BCUT2D eigenvalue weighted by atomic mass is 10.1. The van der Waals surface area contributed by atoms with Crippen molar-refractivity contribution < 1.29 is 0 Å². The van der Waals surface area contributed by atoms with E-state index >= 15 is 0 Å². The SMILES string of the molecule is Cn1ccc2cccc(-c3cccs3)c21. The summed E-state index contributed by atoms with van der Waals surface area (Å²) in [6, 6.07) is 12.9. The van der Waals surface area contributed by atoms with Crippen molar-refractivity contribution in [3.63, 3.8) is 0 Å². The zero-order chi connectivity index (χ0) is 10.3. The van der Waals surface area contributed by atoms with E-state index in [1.165, 1.54) is 21.3 Å². The van der Waals surface area contributed by atoms with Crippen LogP contribution in [-0.2, 0) is 7.05 Å². The van der Waals surface area contributed by atoms with Gasteiger partial charge in [-0.05, 0) is 17.5 Å². The molecule has 2 heteroatoms. The zero-order valence-corrected chi connectivity index (χ0v) is 9.29. The van der Waals surface area contributed by atoms with Gasteiger partial charge in [-0.2, -0.15) is 0 Å². The Morgan fingerprint density at radius 2 is 2.00 bits per heavy atom. The topological polar surface area (TPSA) is 4.93 Å². The van der Waals surface area contributed by atoms with Gasteiger partial charge >= 0.3 is 0 Å². The third kappa shape index (κ3) is 1.29. The molecule has 0 amide bonds. The summed E-state index contributed by atoms with van der Waals surface area (Å²) in [7, 11) is 2.10. The van der Waals surface area contributed by atoms with Crippen molar-refractivity contribution >= 4 is 22.2 Å². The van der Waals surface area contributed by atoms with Gasteiger partial charge in [0, 0.05) is 29.1 Å². The second kappa shape index (κ2) is 3.24. The van der Waals surface area contributed by atoms with Crippen LogP contribution in [0.3, 0.4) is 0 Å². The van der Waals surface area contributed by atoms with Crippen molar-refractivity contribution in [3.05, 3.63) is 48.0 Å². The first-order valence-electron chi connectivity index (χ1n) is 4.94. The van der Waals surface area contributed by atoms with Gasteiger partial charge in [-0.25, -0.2) is 0 Å². The zero-order valence-electron chi connectivity index (χ0n) is 8.47. The molecule has 1 aromatic carbocycles. The molecule has 0 unspecified atom stereocenters. The molecule has 0 N–H and O–H groups in total. The maximum absolute atomic E-state index is 2.19. The van der Waals surface area contributed by atoms with Crippen molar-refractivity contribution in [2.45, 2.75) is 0 Å². The number of thiophene rings is 1. The lowest BCUT2D eigenvalue weighted by Crippen LogP contribution is -1.86. The lowest BCUT2D eigenvalue weighted by molar-refractivity contribution is 0.970. The average molecular weight is 213 g/mol. The van der Waals surface area contributed by atoms with Crippen LogP contribution in [0.1, 0.15) is 0 Å². The summed E-state index contributed by atoms with van der Waals surface area (Å²) >= 11 is 1.79. The van der Waals surface area contributed by atoms with E-state index in [4.69, 9.17) is 0 Å². The van der Waals surface area contributed by atoms with Crippen molar-refractivity contribution in [3.8, 4) is 10.4 Å². The van der Waals surface area contributed by atoms with E-state index in [9.17, 15) is 0 Å². The molecule has 0 radical (unpaired) electrons. The number of para-hydroxylation sites is 1. The summed E-state index contributed by atoms with van der Waals surface area (Å²) in [5.41, 5.74) is 2.65. The van der Waals surface area contributed by atoms with Crippen LogP contribution in [0.15, 0.2) is 48.0 Å². The standard InChI is InChI=1S/C13H11NS/c1-14-8-7-10-4-2-5-11(13(10)14)12-6-3-9-15-12/h2-9H,1H3. The van der Waals surface area contributed by atoms with E-state index in [0.29, 0.717) is 0 Å². The van der Waals surface area contributed by atoms with Crippen LogP contribution in [-0.4, -0.2) is 4.57 Å². The third-order valence-corrected chi connectivity index (χ3v) is 3.59. The van der Waals surface area contributed by atoms with Gasteiger partial charge in [-0.3, -0.25) is 0 Å². The number of fused-ring (bicyclic) bond motifs is 1. The van der Waals surface area contributed by atoms with Crippen molar-refractivity contribution in [2.75, 3.05) is 0 Å². The van der Waals surface area contributed by atoms with Crippen LogP contribution in [0, 0.1) is 0 Å². The van der Waals surface area contributed by atoms with Crippen LogP contribution in [0.2, 0.25) is 0 Å². The molecule has 1 nitrogen and oxygen atoms in total. The molecule has 15 heavy (non-hydrogen) atoms. The highest BCUT2D eigenvalue weighted by atomic mass is 32.1. The maximum atomic E-state index is 2.19. The number of hydrogen-bond acceptors (Lipinski definition) is 1. The molecule has 2 aromatic heterocycles. The van der Waals surface area contributed by atoms with Crippen LogP contribution in [0.5, 0.6) is 0 Å². The quantitative estimate of drug-likeness (QED) is 0.577. The number of rotatable bonds is 1. The Hall–Kier alpha value is -1.54. The van der Waals surface area contributed by atoms with E-state index in [2.05, 4.69) is 59.6 Å². The summed E-state index contributed by atoms with van der Waals surface area (Å²) in [5, 5.41) is 3.43. The fourth-order valence-corrected chi connectivity index (χ4v) is 2.74. The molecule has 0 aliphatic rings. The van der Waals surface area contributed by atoms with E-state index < -0.39 is 0 Å². The highest BCUT2D eigenvalue weighted by molar-refractivity contribution is 7.13. The molecule has 0 bridgehead atoms. The molecule has 74 valence electrons. The number of hydrogen-bond donors (Lipinski definition) is 0. The van der Waals surface area contributed by atoms with Crippen molar-refractivity contribution in [1.82, 2.24) is 4.57 Å². The van der Waals surface area contributed by atoms with Gasteiger partial charge in [0.1, 0.15) is 0 Å². The molecule has 0 spiro atoms. The number of benzene rings is 1. The first-order valence-corrected chi connectivity index (χ1v) is 5.82.